The van der Waals surface area contributed by atoms with Crippen molar-refractivity contribution in [2.75, 3.05) is 7.05 Å². The number of amides is 1. The summed E-state index contributed by atoms with van der Waals surface area (Å²) < 4.78 is 0. The third-order valence-electron chi connectivity index (χ3n) is 5.97. The van der Waals surface area contributed by atoms with Crippen LogP contribution in [0.5, 0.6) is 0 Å². The van der Waals surface area contributed by atoms with Crippen molar-refractivity contribution in [1.29, 1.82) is 0 Å². The topological polar surface area (TPSA) is 61.0 Å². The molecule has 29 heavy (non-hydrogen) atoms. The summed E-state index contributed by atoms with van der Waals surface area (Å²) in [4.78, 5) is 22.6. The molecule has 1 fully saturated rings. The molecule has 150 valence electrons. The quantitative estimate of drug-likeness (QED) is 0.641. The number of hydrogen-bond acceptors (Lipinski definition) is 3. The van der Waals surface area contributed by atoms with Gasteiger partial charge in [0.1, 0.15) is 0 Å². The second kappa shape index (κ2) is 8.11. The molecule has 0 unspecified atom stereocenters. The minimum absolute atomic E-state index is 0.0325. The summed E-state index contributed by atoms with van der Waals surface area (Å²) in [5.41, 5.74) is 4.73. The van der Waals surface area contributed by atoms with Crippen LogP contribution in [0.15, 0.2) is 61.1 Å². The summed E-state index contributed by atoms with van der Waals surface area (Å²) in [7, 11) is 1.90. The molecular formula is C24H28N4O. The Kier molecular flexibility index (Phi) is 5.38. The Morgan fingerprint density at radius 2 is 2.14 bits per heavy atom. The van der Waals surface area contributed by atoms with Gasteiger partial charge in [0.05, 0.1) is 11.3 Å². The average molecular weight is 389 g/mol. The molecule has 5 heteroatoms. The SMILES string of the molecule is C=C(CC)N[C@H]1CC[C@@H](N(C)C(=O)c2ccc(-c3ccc4[nH]ccc4c3)nc2)C1. The van der Waals surface area contributed by atoms with Crippen LogP contribution in [-0.2, 0) is 0 Å². The van der Waals surface area contributed by atoms with E-state index in [0.29, 0.717) is 11.6 Å². The van der Waals surface area contributed by atoms with Gasteiger partial charge in [-0.1, -0.05) is 19.6 Å². The van der Waals surface area contributed by atoms with Gasteiger partial charge in [-0.2, -0.15) is 0 Å². The molecule has 3 aromatic rings. The number of hydrogen-bond donors (Lipinski definition) is 2. The van der Waals surface area contributed by atoms with E-state index in [1.165, 1.54) is 0 Å². The lowest BCUT2D eigenvalue weighted by atomic mass is 10.1. The summed E-state index contributed by atoms with van der Waals surface area (Å²) in [6, 6.07) is 12.7. The number of aromatic nitrogens is 2. The van der Waals surface area contributed by atoms with Crippen molar-refractivity contribution in [2.45, 2.75) is 44.7 Å². The van der Waals surface area contributed by atoms with Crippen molar-refractivity contribution in [3.63, 3.8) is 0 Å². The summed E-state index contributed by atoms with van der Waals surface area (Å²) in [5, 5.41) is 4.63. The largest absolute Gasteiger partial charge is 0.386 e. The molecular weight excluding hydrogens is 360 g/mol. The highest BCUT2D eigenvalue weighted by Crippen LogP contribution is 2.26. The molecule has 2 aromatic heterocycles. The average Bonchev–Trinajstić information content (AvgIpc) is 3.41. The van der Waals surface area contributed by atoms with Crippen LogP contribution in [-0.4, -0.2) is 39.9 Å². The van der Waals surface area contributed by atoms with E-state index in [1.54, 1.807) is 6.20 Å². The number of rotatable bonds is 6. The van der Waals surface area contributed by atoms with Crippen LogP contribution in [0.25, 0.3) is 22.2 Å². The summed E-state index contributed by atoms with van der Waals surface area (Å²) in [5.74, 6) is 0.0325. The monoisotopic (exact) mass is 388 g/mol. The third-order valence-corrected chi connectivity index (χ3v) is 5.97. The highest BCUT2D eigenvalue weighted by atomic mass is 16.2. The zero-order valence-corrected chi connectivity index (χ0v) is 17.1. The first-order valence-electron chi connectivity index (χ1n) is 10.3. The molecule has 2 N–H and O–H groups in total. The smallest absolute Gasteiger partial charge is 0.255 e. The van der Waals surface area contributed by atoms with E-state index in [4.69, 9.17) is 0 Å². The zero-order chi connectivity index (χ0) is 20.4. The molecule has 1 aliphatic carbocycles. The molecule has 2 atom stereocenters. The van der Waals surface area contributed by atoms with Crippen LogP contribution in [0.2, 0.25) is 0 Å². The molecule has 1 aliphatic rings. The van der Waals surface area contributed by atoms with Gasteiger partial charge < -0.3 is 15.2 Å². The van der Waals surface area contributed by atoms with Gasteiger partial charge >= 0.3 is 0 Å². The predicted octanol–water partition coefficient (Wildman–Crippen LogP) is 4.74. The van der Waals surface area contributed by atoms with Gasteiger partial charge in [0, 0.05) is 53.7 Å². The first-order valence-corrected chi connectivity index (χ1v) is 10.3. The number of benzene rings is 1. The van der Waals surface area contributed by atoms with Crippen molar-refractivity contribution in [3.8, 4) is 11.3 Å². The molecule has 1 amide bonds. The van der Waals surface area contributed by atoms with Gasteiger partial charge in [0.2, 0.25) is 0 Å². The minimum Gasteiger partial charge on any atom is -0.386 e. The van der Waals surface area contributed by atoms with E-state index < -0.39 is 0 Å². The number of carbonyl (C=O) groups excluding carboxylic acids is 1. The molecule has 0 radical (unpaired) electrons. The van der Waals surface area contributed by atoms with E-state index in [9.17, 15) is 4.79 Å². The normalized spacial score (nSPS) is 18.7. The first kappa shape index (κ1) is 19.2. The Labute approximate surface area is 171 Å². The second-order valence-electron chi connectivity index (χ2n) is 7.89. The molecule has 1 saturated carbocycles. The Morgan fingerprint density at radius 3 is 2.90 bits per heavy atom. The molecule has 0 saturated heterocycles. The summed E-state index contributed by atoms with van der Waals surface area (Å²) >= 11 is 0. The fourth-order valence-electron chi connectivity index (χ4n) is 4.10. The number of allylic oxidation sites excluding steroid dienone is 1. The minimum atomic E-state index is 0.0325. The molecule has 0 aliphatic heterocycles. The van der Waals surface area contributed by atoms with Crippen molar-refractivity contribution in [3.05, 3.63) is 66.6 Å². The van der Waals surface area contributed by atoms with Gasteiger partial charge in [0.15, 0.2) is 0 Å². The lowest BCUT2D eigenvalue weighted by Gasteiger charge is -2.25. The maximum absolute atomic E-state index is 12.9. The van der Waals surface area contributed by atoms with Crippen LogP contribution < -0.4 is 5.32 Å². The Balaban J connectivity index is 1.43. The van der Waals surface area contributed by atoms with E-state index in [2.05, 4.69) is 40.9 Å². The maximum atomic E-state index is 12.9. The van der Waals surface area contributed by atoms with Gasteiger partial charge in [-0.05, 0) is 56.0 Å². The van der Waals surface area contributed by atoms with Crippen molar-refractivity contribution < 1.29 is 4.79 Å². The highest BCUT2D eigenvalue weighted by molar-refractivity contribution is 5.94. The zero-order valence-electron chi connectivity index (χ0n) is 17.1. The van der Waals surface area contributed by atoms with Crippen LogP contribution in [0.4, 0.5) is 0 Å². The highest BCUT2D eigenvalue weighted by Gasteiger charge is 2.30. The molecule has 0 bridgehead atoms. The number of aromatic amines is 1. The summed E-state index contributed by atoms with van der Waals surface area (Å²) in [6.45, 7) is 6.14. The molecule has 2 heterocycles. The second-order valence-corrected chi connectivity index (χ2v) is 7.89. The van der Waals surface area contributed by atoms with E-state index in [0.717, 1.165) is 53.5 Å². The van der Waals surface area contributed by atoms with Crippen LogP contribution in [0.1, 0.15) is 43.0 Å². The van der Waals surface area contributed by atoms with Gasteiger partial charge in [-0.15, -0.1) is 0 Å². The van der Waals surface area contributed by atoms with Gasteiger partial charge in [-0.25, -0.2) is 0 Å². The lowest BCUT2D eigenvalue weighted by Crippen LogP contribution is -2.37. The number of pyridine rings is 1. The molecule has 4 rings (SSSR count). The van der Waals surface area contributed by atoms with E-state index in [1.807, 2.05) is 42.4 Å². The maximum Gasteiger partial charge on any atom is 0.255 e. The number of H-pyrrole nitrogens is 1. The van der Waals surface area contributed by atoms with E-state index >= 15 is 0 Å². The fraction of sp³-hybridized carbons (Fsp3) is 0.333. The third kappa shape index (κ3) is 4.04. The standard InChI is InChI=1S/C24H28N4O/c1-4-16(2)27-20-7-8-21(14-20)28(3)24(29)19-6-10-23(26-15-19)17-5-9-22-18(13-17)11-12-25-22/h5-6,9-13,15,20-21,25,27H,2,4,7-8,14H2,1,3H3/t20-,21+/m0/s1. The lowest BCUT2D eigenvalue weighted by molar-refractivity contribution is 0.0733. The Hall–Kier alpha value is -3.08. The Morgan fingerprint density at radius 1 is 1.28 bits per heavy atom. The molecule has 0 spiro atoms. The molecule has 5 nitrogen and oxygen atoms in total. The number of nitrogens with zero attached hydrogens (tertiary/aromatic N) is 2. The van der Waals surface area contributed by atoms with Gasteiger partial charge in [0.25, 0.3) is 5.91 Å². The van der Waals surface area contributed by atoms with E-state index in [-0.39, 0.29) is 11.9 Å². The van der Waals surface area contributed by atoms with Crippen LogP contribution in [0, 0.1) is 0 Å². The molecule has 1 aromatic carbocycles. The van der Waals surface area contributed by atoms with Crippen molar-refractivity contribution >= 4 is 16.8 Å². The number of nitrogens with one attached hydrogen (secondary N) is 2. The fourth-order valence-corrected chi connectivity index (χ4v) is 4.10. The Bertz CT molecular complexity index is 1020. The number of fused-ring (bicyclic) bond motifs is 1. The van der Waals surface area contributed by atoms with Crippen molar-refractivity contribution in [1.82, 2.24) is 20.2 Å². The number of carbonyl (C=O) groups is 1. The van der Waals surface area contributed by atoms with Crippen LogP contribution in [0.3, 0.4) is 0 Å². The summed E-state index contributed by atoms with van der Waals surface area (Å²) in [6.07, 6.45) is 7.60. The van der Waals surface area contributed by atoms with Gasteiger partial charge in [-0.3, -0.25) is 9.78 Å². The predicted molar refractivity (Wildman–Crippen MR) is 118 cm³/mol. The van der Waals surface area contributed by atoms with Crippen LogP contribution >= 0.6 is 0 Å². The van der Waals surface area contributed by atoms with Crippen molar-refractivity contribution in [2.24, 2.45) is 0 Å². The first-order chi connectivity index (χ1) is 14.0.